The van der Waals surface area contributed by atoms with Crippen molar-refractivity contribution in [3.8, 4) is 0 Å². The molecule has 0 saturated heterocycles. The molecule has 0 aromatic heterocycles. The summed E-state index contributed by atoms with van der Waals surface area (Å²) < 4.78 is 23.6. The third-order valence-electron chi connectivity index (χ3n) is 2.46. The van der Waals surface area contributed by atoms with Crippen LogP contribution in [0.1, 0.15) is 13.8 Å². The molecular formula is C8H9ClF2O. The average molecular weight is 195 g/mol. The van der Waals surface area contributed by atoms with Gasteiger partial charge in [-0.05, 0) is 29.0 Å². The highest BCUT2D eigenvalue weighted by molar-refractivity contribution is 6.64. The third-order valence-corrected chi connectivity index (χ3v) is 2.70. The van der Waals surface area contributed by atoms with E-state index in [9.17, 15) is 13.6 Å². The Balaban J connectivity index is 2.73. The quantitative estimate of drug-likeness (QED) is 0.618. The van der Waals surface area contributed by atoms with Crippen LogP contribution in [0.25, 0.3) is 0 Å². The molecule has 0 aromatic rings. The van der Waals surface area contributed by atoms with E-state index in [4.69, 9.17) is 11.6 Å². The van der Waals surface area contributed by atoms with Crippen LogP contribution in [0.15, 0.2) is 12.2 Å². The van der Waals surface area contributed by atoms with Crippen molar-refractivity contribution in [3.05, 3.63) is 12.2 Å². The molecule has 1 saturated carbocycles. The number of rotatable bonds is 2. The fraction of sp³-hybridized carbons (Fsp3) is 0.625. The Morgan fingerprint density at radius 1 is 1.50 bits per heavy atom. The smallest absolute Gasteiger partial charge is 0.266 e. The summed E-state index contributed by atoms with van der Waals surface area (Å²) in [4.78, 5) is 10.7. The standard InChI is InChI=1S/C8H9ClF2O/c1-8(2)4(3-5(10)11)6(8)7(9)12/h3-4,6H,1-2H3/t4-,6+/m0/s1. The fourth-order valence-electron chi connectivity index (χ4n) is 1.56. The van der Waals surface area contributed by atoms with Crippen LogP contribution < -0.4 is 0 Å². The average Bonchev–Trinajstić information content (AvgIpc) is 2.32. The summed E-state index contributed by atoms with van der Waals surface area (Å²) in [5.41, 5.74) is -0.401. The van der Waals surface area contributed by atoms with Crippen molar-refractivity contribution < 1.29 is 13.6 Å². The van der Waals surface area contributed by atoms with Crippen LogP contribution in [0.4, 0.5) is 8.78 Å². The van der Waals surface area contributed by atoms with Gasteiger partial charge in [-0.25, -0.2) is 0 Å². The van der Waals surface area contributed by atoms with E-state index in [1.165, 1.54) is 0 Å². The third kappa shape index (κ3) is 1.51. The van der Waals surface area contributed by atoms with Gasteiger partial charge in [0.2, 0.25) is 5.24 Å². The highest BCUT2D eigenvalue weighted by Gasteiger charge is 2.60. The second-order valence-electron chi connectivity index (χ2n) is 3.59. The molecule has 1 rings (SSSR count). The number of hydrogen-bond donors (Lipinski definition) is 0. The predicted molar refractivity (Wildman–Crippen MR) is 41.9 cm³/mol. The molecule has 0 bridgehead atoms. The van der Waals surface area contributed by atoms with Gasteiger partial charge in [-0.15, -0.1) is 0 Å². The highest BCUT2D eigenvalue weighted by atomic mass is 35.5. The van der Waals surface area contributed by atoms with Crippen molar-refractivity contribution in [2.75, 3.05) is 0 Å². The number of carbonyl (C=O) groups excluding carboxylic acids is 1. The first-order valence-corrected chi connectivity index (χ1v) is 3.97. The molecule has 0 amide bonds. The Morgan fingerprint density at radius 3 is 2.25 bits per heavy atom. The van der Waals surface area contributed by atoms with E-state index in [0.717, 1.165) is 6.08 Å². The number of halogens is 3. The molecule has 2 atom stereocenters. The van der Waals surface area contributed by atoms with Crippen molar-refractivity contribution in [1.29, 1.82) is 0 Å². The highest BCUT2D eigenvalue weighted by Crippen LogP contribution is 2.60. The minimum atomic E-state index is -1.74. The fourth-order valence-corrected chi connectivity index (χ4v) is 1.97. The lowest BCUT2D eigenvalue weighted by Gasteiger charge is -1.95. The van der Waals surface area contributed by atoms with E-state index in [1.807, 2.05) is 0 Å². The van der Waals surface area contributed by atoms with E-state index in [1.54, 1.807) is 13.8 Å². The van der Waals surface area contributed by atoms with Crippen LogP contribution in [0.5, 0.6) is 0 Å². The van der Waals surface area contributed by atoms with E-state index in [2.05, 4.69) is 0 Å². The lowest BCUT2D eigenvalue weighted by atomic mass is 10.1. The van der Waals surface area contributed by atoms with Crippen LogP contribution in [0, 0.1) is 17.3 Å². The van der Waals surface area contributed by atoms with Gasteiger partial charge in [-0.2, -0.15) is 8.78 Å². The molecule has 0 spiro atoms. The Kier molecular flexibility index (Phi) is 2.25. The first kappa shape index (κ1) is 9.65. The minimum absolute atomic E-state index is 0.396. The molecule has 1 aliphatic carbocycles. The molecule has 0 aliphatic heterocycles. The van der Waals surface area contributed by atoms with Crippen molar-refractivity contribution in [1.82, 2.24) is 0 Å². The Bertz CT molecular complexity index is 243. The summed E-state index contributed by atoms with van der Waals surface area (Å²) in [6.45, 7) is 3.50. The number of carbonyl (C=O) groups is 1. The van der Waals surface area contributed by atoms with Gasteiger partial charge < -0.3 is 0 Å². The summed E-state index contributed by atoms with van der Waals surface area (Å²) in [5.74, 6) is -0.840. The maximum atomic E-state index is 11.8. The summed E-state index contributed by atoms with van der Waals surface area (Å²) in [6.07, 6.45) is -0.932. The van der Waals surface area contributed by atoms with Crippen LogP contribution in [0.2, 0.25) is 0 Å². The number of hydrogen-bond acceptors (Lipinski definition) is 1. The summed E-state index contributed by atoms with van der Waals surface area (Å²) in [5, 5.41) is -0.525. The van der Waals surface area contributed by atoms with Gasteiger partial charge >= 0.3 is 0 Å². The van der Waals surface area contributed by atoms with Gasteiger partial charge in [0.25, 0.3) is 6.08 Å². The Labute approximate surface area is 74.4 Å². The molecule has 1 aliphatic rings. The summed E-state index contributed by atoms with van der Waals surface area (Å²) in [7, 11) is 0. The molecule has 0 heterocycles. The predicted octanol–water partition coefficient (Wildman–Crippen LogP) is 2.80. The molecular weight excluding hydrogens is 186 g/mol. The molecule has 4 heteroatoms. The normalized spacial score (nSPS) is 31.1. The number of allylic oxidation sites excluding steroid dienone is 1. The van der Waals surface area contributed by atoms with Crippen molar-refractivity contribution in [2.24, 2.45) is 17.3 Å². The monoisotopic (exact) mass is 194 g/mol. The lowest BCUT2D eigenvalue weighted by molar-refractivity contribution is -0.113. The van der Waals surface area contributed by atoms with Gasteiger partial charge in [0.15, 0.2) is 0 Å². The topological polar surface area (TPSA) is 17.1 Å². The molecule has 12 heavy (non-hydrogen) atoms. The first-order chi connectivity index (χ1) is 5.37. The largest absolute Gasteiger partial charge is 0.281 e. The van der Waals surface area contributed by atoms with E-state index in [-0.39, 0.29) is 0 Å². The van der Waals surface area contributed by atoms with E-state index in [0.29, 0.717) is 0 Å². The molecule has 0 radical (unpaired) electrons. The van der Waals surface area contributed by atoms with Crippen LogP contribution in [-0.2, 0) is 4.79 Å². The maximum absolute atomic E-state index is 11.8. The maximum Gasteiger partial charge on any atom is 0.266 e. The molecule has 0 unspecified atom stereocenters. The summed E-state index contributed by atoms with van der Waals surface area (Å²) >= 11 is 5.22. The van der Waals surface area contributed by atoms with Crippen LogP contribution >= 0.6 is 11.6 Å². The summed E-state index contributed by atoms with van der Waals surface area (Å²) in [6, 6.07) is 0. The second kappa shape index (κ2) is 2.80. The zero-order valence-corrected chi connectivity index (χ0v) is 7.53. The van der Waals surface area contributed by atoms with Crippen molar-refractivity contribution in [3.63, 3.8) is 0 Å². The Hall–Kier alpha value is -0.440. The van der Waals surface area contributed by atoms with Gasteiger partial charge in [0, 0.05) is 5.92 Å². The van der Waals surface area contributed by atoms with Gasteiger partial charge in [-0.3, -0.25) is 4.79 Å². The minimum Gasteiger partial charge on any atom is -0.281 e. The lowest BCUT2D eigenvalue weighted by Crippen LogP contribution is -1.96. The Morgan fingerprint density at radius 2 is 2.00 bits per heavy atom. The second-order valence-corrected chi connectivity index (χ2v) is 3.96. The van der Waals surface area contributed by atoms with Crippen LogP contribution in [0.3, 0.4) is 0 Å². The van der Waals surface area contributed by atoms with E-state index < -0.39 is 28.6 Å². The first-order valence-electron chi connectivity index (χ1n) is 3.59. The van der Waals surface area contributed by atoms with Gasteiger partial charge in [0.05, 0.1) is 0 Å². The van der Waals surface area contributed by atoms with Crippen molar-refractivity contribution in [2.45, 2.75) is 13.8 Å². The van der Waals surface area contributed by atoms with Gasteiger partial charge in [0.1, 0.15) is 0 Å². The molecule has 1 fully saturated rings. The zero-order valence-electron chi connectivity index (χ0n) is 6.77. The van der Waals surface area contributed by atoms with Crippen LogP contribution in [-0.4, -0.2) is 5.24 Å². The zero-order chi connectivity index (χ0) is 9.52. The molecule has 0 N–H and O–H groups in total. The SMILES string of the molecule is CC1(C)[C@@H](C=C(F)F)[C@@H]1C(=O)Cl. The molecule has 1 nitrogen and oxygen atoms in total. The van der Waals surface area contributed by atoms with E-state index >= 15 is 0 Å². The molecule has 0 aromatic carbocycles. The molecule has 68 valence electrons. The van der Waals surface area contributed by atoms with Crippen molar-refractivity contribution >= 4 is 16.8 Å². The van der Waals surface area contributed by atoms with Gasteiger partial charge in [-0.1, -0.05) is 13.8 Å².